The van der Waals surface area contributed by atoms with Crippen molar-refractivity contribution in [2.75, 3.05) is 7.11 Å². The summed E-state index contributed by atoms with van der Waals surface area (Å²) in [5, 5.41) is 10.5. The normalized spacial score (nSPS) is 17.8. The van der Waals surface area contributed by atoms with E-state index in [2.05, 4.69) is 0 Å². The molecule has 0 saturated heterocycles. The van der Waals surface area contributed by atoms with Crippen LogP contribution in [0.1, 0.15) is 39.2 Å². The second kappa shape index (κ2) is 5.11. The topological polar surface area (TPSA) is 59.4 Å². The summed E-state index contributed by atoms with van der Waals surface area (Å²) in [4.78, 5) is 16.6. The highest BCUT2D eigenvalue weighted by molar-refractivity contribution is 6.05. The van der Waals surface area contributed by atoms with Gasteiger partial charge in [-0.3, -0.25) is 4.98 Å². The molecule has 0 saturated carbocycles. The van der Waals surface area contributed by atoms with Gasteiger partial charge in [0.1, 0.15) is 0 Å². The van der Waals surface area contributed by atoms with Crippen LogP contribution in [-0.4, -0.2) is 29.3 Å². The van der Waals surface area contributed by atoms with E-state index in [1.807, 2.05) is 26.0 Å². The van der Waals surface area contributed by atoms with E-state index in [9.17, 15) is 9.90 Å². The van der Waals surface area contributed by atoms with Crippen molar-refractivity contribution in [3.63, 3.8) is 0 Å². The van der Waals surface area contributed by atoms with E-state index in [0.29, 0.717) is 12.0 Å². The van der Waals surface area contributed by atoms with Crippen molar-refractivity contribution in [3.05, 3.63) is 40.1 Å². The first kappa shape index (κ1) is 14.0. The maximum Gasteiger partial charge on any atom is 0.336 e. The van der Waals surface area contributed by atoms with Crippen LogP contribution in [0.2, 0.25) is 0 Å². The molecule has 1 heterocycles. The third kappa shape index (κ3) is 2.29. The molecule has 1 aromatic carbocycles. The van der Waals surface area contributed by atoms with Gasteiger partial charge in [-0.2, -0.15) is 0 Å². The van der Waals surface area contributed by atoms with E-state index < -0.39 is 5.97 Å². The van der Waals surface area contributed by atoms with Gasteiger partial charge < -0.3 is 9.84 Å². The lowest BCUT2D eigenvalue weighted by Gasteiger charge is -2.25. The average Bonchev–Trinajstić information content (AvgIpc) is 2.43. The van der Waals surface area contributed by atoms with E-state index >= 15 is 0 Å². The van der Waals surface area contributed by atoms with E-state index in [0.717, 1.165) is 46.1 Å². The molecule has 0 bridgehead atoms. The lowest BCUT2D eigenvalue weighted by Crippen LogP contribution is -2.25. The standard InChI is InChI=1S/C17H19NO3/c1-9-6-10(2)15-14(7-9)18-13-5-4-11(21-3)8-12(13)16(15)17(19)20/h6-7,11H,4-5,8H2,1-3H3,(H,19,20). The zero-order valence-corrected chi connectivity index (χ0v) is 12.6. The molecule has 21 heavy (non-hydrogen) atoms. The van der Waals surface area contributed by atoms with Crippen molar-refractivity contribution in [1.29, 1.82) is 0 Å². The second-order valence-corrected chi connectivity index (χ2v) is 5.79. The highest BCUT2D eigenvalue weighted by Crippen LogP contribution is 2.32. The molecule has 0 amide bonds. The van der Waals surface area contributed by atoms with Crippen LogP contribution in [-0.2, 0) is 17.6 Å². The van der Waals surface area contributed by atoms with Gasteiger partial charge in [0.25, 0.3) is 0 Å². The molecule has 0 aliphatic heterocycles. The van der Waals surface area contributed by atoms with Crippen LogP contribution < -0.4 is 0 Å². The number of carboxylic acids is 1. The Morgan fingerprint density at radius 1 is 1.38 bits per heavy atom. The quantitative estimate of drug-likeness (QED) is 0.921. The van der Waals surface area contributed by atoms with Gasteiger partial charge in [0.2, 0.25) is 0 Å². The Labute approximate surface area is 123 Å². The molecule has 0 spiro atoms. The number of ether oxygens (including phenoxy) is 1. The van der Waals surface area contributed by atoms with Crippen molar-refractivity contribution in [2.45, 2.75) is 39.2 Å². The van der Waals surface area contributed by atoms with Crippen LogP contribution >= 0.6 is 0 Å². The van der Waals surface area contributed by atoms with Crippen molar-refractivity contribution >= 4 is 16.9 Å². The molecule has 4 nitrogen and oxygen atoms in total. The highest BCUT2D eigenvalue weighted by atomic mass is 16.5. The van der Waals surface area contributed by atoms with E-state index in [1.165, 1.54) is 0 Å². The maximum atomic E-state index is 11.9. The molecule has 1 aromatic heterocycles. The van der Waals surface area contributed by atoms with Gasteiger partial charge >= 0.3 is 5.97 Å². The fraction of sp³-hybridized carbons (Fsp3) is 0.412. The van der Waals surface area contributed by atoms with Gasteiger partial charge in [-0.1, -0.05) is 6.07 Å². The number of aryl methyl sites for hydroxylation is 3. The number of aromatic nitrogens is 1. The summed E-state index contributed by atoms with van der Waals surface area (Å²) in [6.07, 6.45) is 2.38. The summed E-state index contributed by atoms with van der Waals surface area (Å²) < 4.78 is 5.42. The number of methoxy groups -OCH3 is 1. The summed E-state index contributed by atoms with van der Waals surface area (Å²) in [6.45, 7) is 3.96. The first-order valence-electron chi connectivity index (χ1n) is 7.20. The van der Waals surface area contributed by atoms with Crippen molar-refractivity contribution in [3.8, 4) is 0 Å². The average molecular weight is 285 g/mol. The first-order chi connectivity index (χ1) is 10.0. The molecular formula is C17H19NO3. The lowest BCUT2D eigenvalue weighted by molar-refractivity contribution is 0.0690. The van der Waals surface area contributed by atoms with Crippen molar-refractivity contribution in [2.24, 2.45) is 0 Å². The Bertz CT molecular complexity index is 737. The number of hydrogen-bond acceptors (Lipinski definition) is 3. The largest absolute Gasteiger partial charge is 0.478 e. The predicted octanol–water partition coefficient (Wildman–Crippen LogP) is 3.05. The van der Waals surface area contributed by atoms with Gasteiger partial charge in [0, 0.05) is 24.6 Å². The molecule has 3 rings (SSSR count). The molecule has 1 aliphatic rings. The minimum absolute atomic E-state index is 0.0839. The summed E-state index contributed by atoms with van der Waals surface area (Å²) >= 11 is 0. The van der Waals surface area contributed by atoms with Crippen LogP contribution in [0.4, 0.5) is 0 Å². The van der Waals surface area contributed by atoms with E-state index in [-0.39, 0.29) is 6.10 Å². The van der Waals surface area contributed by atoms with Gasteiger partial charge in [-0.05, 0) is 49.4 Å². The molecule has 1 unspecified atom stereocenters. The number of benzene rings is 1. The van der Waals surface area contributed by atoms with Crippen LogP contribution in [0.15, 0.2) is 12.1 Å². The number of carboxylic acid groups (broad SMARTS) is 1. The molecule has 0 radical (unpaired) electrons. The Balaban J connectivity index is 2.35. The third-order valence-corrected chi connectivity index (χ3v) is 4.30. The minimum Gasteiger partial charge on any atom is -0.478 e. The van der Waals surface area contributed by atoms with Crippen molar-refractivity contribution in [1.82, 2.24) is 4.98 Å². The van der Waals surface area contributed by atoms with E-state index in [1.54, 1.807) is 7.11 Å². The molecule has 110 valence electrons. The lowest BCUT2D eigenvalue weighted by atomic mass is 9.87. The first-order valence-corrected chi connectivity index (χ1v) is 7.20. The second-order valence-electron chi connectivity index (χ2n) is 5.79. The third-order valence-electron chi connectivity index (χ3n) is 4.30. The Morgan fingerprint density at radius 3 is 2.81 bits per heavy atom. The van der Waals surface area contributed by atoms with Crippen LogP contribution in [0.3, 0.4) is 0 Å². The zero-order valence-electron chi connectivity index (χ0n) is 12.6. The number of carbonyl (C=O) groups is 1. The zero-order chi connectivity index (χ0) is 15.1. The molecule has 1 atom stereocenters. The smallest absolute Gasteiger partial charge is 0.336 e. The van der Waals surface area contributed by atoms with Crippen LogP contribution in [0.25, 0.3) is 10.9 Å². The summed E-state index contributed by atoms with van der Waals surface area (Å²) in [7, 11) is 1.68. The molecule has 1 N–H and O–H groups in total. The molecule has 0 fully saturated rings. The minimum atomic E-state index is -0.873. The Hall–Kier alpha value is -1.94. The maximum absolute atomic E-state index is 11.9. The van der Waals surface area contributed by atoms with Gasteiger partial charge in [0.15, 0.2) is 0 Å². The van der Waals surface area contributed by atoms with Gasteiger partial charge in [0.05, 0.1) is 17.2 Å². The molecule has 2 aromatic rings. The Kier molecular flexibility index (Phi) is 3.41. The number of aromatic carboxylic acids is 1. The fourth-order valence-corrected chi connectivity index (χ4v) is 3.36. The molecule has 1 aliphatic carbocycles. The number of fused-ring (bicyclic) bond motifs is 2. The van der Waals surface area contributed by atoms with Gasteiger partial charge in [-0.25, -0.2) is 4.79 Å². The summed E-state index contributed by atoms with van der Waals surface area (Å²) in [6, 6.07) is 3.98. The summed E-state index contributed by atoms with van der Waals surface area (Å²) in [5.41, 5.74) is 5.04. The van der Waals surface area contributed by atoms with Crippen LogP contribution in [0, 0.1) is 13.8 Å². The number of nitrogens with zero attached hydrogens (tertiary/aromatic N) is 1. The monoisotopic (exact) mass is 285 g/mol. The van der Waals surface area contributed by atoms with Gasteiger partial charge in [-0.15, -0.1) is 0 Å². The number of pyridine rings is 1. The van der Waals surface area contributed by atoms with E-state index in [4.69, 9.17) is 9.72 Å². The molecule has 4 heteroatoms. The molecular weight excluding hydrogens is 266 g/mol. The predicted molar refractivity (Wildman–Crippen MR) is 81.0 cm³/mol. The number of rotatable bonds is 2. The summed E-state index contributed by atoms with van der Waals surface area (Å²) in [5.74, 6) is -0.873. The fourth-order valence-electron chi connectivity index (χ4n) is 3.36. The van der Waals surface area contributed by atoms with Crippen molar-refractivity contribution < 1.29 is 14.6 Å². The van der Waals surface area contributed by atoms with Crippen LogP contribution in [0.5, 0.6) is 0 Å². The Morgan fingerprint density at radius 2 is 2.14 bits per heavy atom. The SMILES string of the molecule is COC1CCc2nc3cc(C)cc(C)c3c(C(=O)O)c2C1. The number of hydrogen-bond donors (Lipinski definition) is 1. The highest BCUT2D eigenvalue weighted by Gasteiger charge is 2.27.